The molecule has 94 valence electrons. The maximum atomic E-state index is 8.38. The molecule has 0 saturated carbocycles. The molecule has 1 rings (SSSR count). The van der Waals surface area contributed by atoms with Gasteiger partial charge < -0.3 is 0 Å². The van der Waals surface area contributed by atoms with E-state index in [1.165, 1.54) is 44.1 Å². The van der Waals surface area contributed by atoms with Crippen molar-refractivity contribution in [2.45, 2.75) is 59.3 Å². The third-order valence-electron chi connectivity index (χ3n) is 2.64. The van der Waals surface area contributed by atoms with Crippen LogP contribution >= 0.6 is 0 Å². The second kappa shape index (κ2) is 11.2. The molecule has 0 spiro atoms. The SMILES string of the molecule is CCCCCCCC.Cc1ccc(C#N)cc1. The Bertz CT molecular complexity index is 299. The first-order chi connectivity index (χ1) is 8.24. The summed E-state index contributed by atoms with van der Waals surface area (Å²) in [5.41, 5.74) is 1.91. The number of rotatable bonds is 5. The number of aryl methyl sites for hydroxylation is 1. The van der Waals surface area contributed by atoms with Crippen molar-refractivity contribution in [1.29, 1.82) is 5.26 Å². The van der Waals surface area contributed by atoms with E-state index in [9.17, 15) is 0 Å². The highest BCUT2D eigenvalue weighted by Gasteiger charge is 1.85. The molecule has 0 heterocycles. The van der Waals surface area contributed by atoms with Crippen LogP contribution in [0.1, 0.15) is 63.5 Å². The van der Waals surface area contributed by atoms with E-state index in [0.717, 1.165) is 5.56 Å². The highest BCUT2D eigenvalue weighted by Crippen LogP contribution is 2.03. The highest BCUT2D eigenvalue weighted by molar-refractivity contribution is 5.30. The third-order valence-corrected chi connectivity index (χ3v) is 2.64. The van der Waals surface area contributed by atoms with E-state index in [2.05, 4.69) is 19.9 Å². The molecule has 17 heavy (non-hydrogen) atoms. The summed E-state index contributed by atoms with van der Waals surface area (Å²) in [6, 6.07) is 9.54. The number of hydrogen-bond acceptors (Lipinski definition) is 1. The van der Waals surface area contributed by atoms with Crippen molar-refractivity contribution in [1.82, 2.24) is 0 Å². The first kappa shape index (κ1) is 15.7. The zero-order chi connectivity index (χ0) is 12.9. The van der Waals surface area contributed by atoms with E-state index in [1.54, 1.807) is 0 Å². The van der Waals surface area contributed by atoms with Crippen LogP contribution in [0.3, 0.4) is 0 Å². The number of nitrogens with zero attached hydrogens (tertiary/aromatic N) is 1. The molecule has 0 aliphatic heterocycles. The molecule has 1 heteroatoms. The molecule has 0 radical (unpaired) electrons. The van der Waals surface area contributed by atoms with Gasteiger partial charge in [0.15, 0.2) is 0 Å². The molecular weight excluding hydrogens is 206 g/mol. The second-order valence-electron chi connectivity index (χ2n) is 4.39. The van der Waals surface area contributed by atoms with Gasteiger partial charge in [-0.1, -0.05) is 70.1 Å². The molecule has 0 saturated heterocycles. The van der Waals surface area contributed by atoms with Crippen LogP contribution in [0, 0.1) is 18.3 Å². The molecular formula is C16H25N. The number of nitriles is 1. The first-order valence-electron chi connectivity index (χ1n) is 6.71. The summed E-state index contributed by atoms with van der Waals surface area (Å²) in [7, 11) is 0. The fourth-order valence-electron chi connectivity index (χ4n) is 1.48. The van der Waals surface area contributed by atoms with Crippen LogP contribution in [-0.4, -0.2) is 0 Å². The number of unbranched alkanes of at least 4 members (excludes halogenated alkanes) is 5. The summed E-state index contributed by atoms with van der Waals surface area (Å²) in [5, 5.41) is 8.38. The molecule has 0 N–H and O–H groups in total. The summed E-state index contributed by atoms with van der Waals surface area (Å²) in [4.78, 5) is 0. The molecule has 0 bridgehead atoms. The smallest absolute Gasteiger partial charge is 0.0991 e. The molecule has 0 atom stereocenters. The maximum Gasteiger partial charge on any atom is 0.0991 e. The van der Waals surface area contributed by atoms with Crippen molar-refractivity contribution >= 4 is 0 Å². The zero-order valence-corrected chi connectivity index (χ0v) is 11.5. The quantitative estimate of drug-likeness (QED) is 0.636. The van der Waals surface area contributed by atoms with Crippen LogP contribution in [0.4, 0.5) is 0 Å². The summed E-state index contributed by atoms with van der Waals surface area (Å²) >= 11 is 0. The lowest BCUT2D eigenvalue weighted by Gasteiger charge is -1.93. The van der Waals surface area contributed by atoms with Gasteiger partial charge in [-0.15, -0.1) is 0 Å². The Morgan fingerprint density at radius 1 is 0.882 bits per heavy atom. The van der Waals surface area contributed by atoms with Gasteiger partial charge in [0.1, 0.15) is 0 Å². The molecule has 0 fully saturated rings. The van der Waals surface area contributed by atoms with Crippen molar-refractivity contribution < 1.29 is 0 Å². The summed E-state index contributed by atoms with van der Waals surface area (Å²) in [6.45, 7) is 6.51. The molecule has 1 aromatic rings. The van der Waals surface area contributed by atoms with E-state index < -0.39 is 0 Å². The van der Waals surface area contributed by atoms with E-state index in [4.69, 9.17) is 5.26 Å². The molecule has 1 nitrogen and oxygen atoms in total. The molecule has 0 unspecified atom stereocenters. The Kier molecular flexibility index (Phi) is 10.4. The largest absolute Gasteiger partial charge is 0.192 e. The fraction of sp³-hybridized carbons (Fsp3) is 0.562. The van der Waals surface area contributed by atoms with Gasteiger partial charge in [0.05, 0.1) is 11.6 Å². The van der Waals surface area contributed by atoms with Gasteiger partial charge >= 0.3 is 0 Å². The Morgan fingerprint density at radius 2 is 1.35 bits per heavy atom. The Hall–Kier alpha value is -1.29. The molecule has 0 aromatic heterocycles. The van der Waals surface area contributed by atoms with Crippen molar-refractivity contribution in [2.75, 3.05) is 0 Å². The Labute approximate surface area is 106 Å². The molecule has 0 aliphatic rings. The van der Waals surface area contributed by atoms with Gasteiger partial charge in [0.2, 0.25) is 0 Å². The topological polar surface area (TPSA) is 23.8 Å². The standard InChI is InChI=1S/C8H7N.C8H18/c1-7-2-4-8(6-9)5-3-7;1-3-5-7-8-6-4-2/h2-5H,1H3;3-8H2,1-2H3. The molecule has 0 aliphatic carbocycles. The molecule has 1 aromatic carbocycles. The van der Waals surface area contributed by atoms with Gasteiger partial charge in [0.25, 0.3) is 0 Å². The van der Waals surface area contributed by atoms with Crippen LogP contribution in [0.5, 0.6) is 0 Å². The lowest BCUT2D eigenvalue weighted by molar-refractivity contribution is 0.624. The fourth-order valence-corrected chi connectivity index (χ4v) is 1.48. The van der Waals surface area contributed by atoms with Gasteiger partial charge in [-0.05, 0) is 19.1 Å². The van der Waals surface area contributed by atoms with Crippen molar-refractivity contribution in [3.63, 3.8) is 0 Å². The zero-order valence-electron chi connectivity index (χ0n) is 11.5. The predicted octanol–water partition coefficient (Wildman–Crippen LogP) is 5.23. The van der Waals surface area contributed by atoms with Gasteiger partial charge in [-0.2, -0.15) is 5.26 Å². The van der Waals surface area contributed by atoms with Crippen LogP contribution < -0.4 is 0 Å². The summed E-state index contributed by atoms with van der Waals surface area (Å²) in [5.74, 6) is 0. The number of hydrogen-bond donors (Lipinski definition) is 0. The van der Waals surface area contributed by atoms with Gasteiger partial charge in [-0.25, -0.2) is 0 Å². The van der Waals surface area contributed by atoms with Crippen LogP contribution in [-0.2, 0) is 0 Å². The van der Waals surface area contributed by atoms with Crippen molar-refractivity contribution in [3.05, 3.63) is 35.4 Å². The molecule has 0 amide bonds. The summed E-state index contributed by atoms with van der Waals surface area (Å²) in [6.07, 6.45) is 8.49. The summed E-state index contributed by atoms with van der Waals surface area (Å²) < 4.78 is 0. The van der Waals surface area contributed by atoms with E-state index in [-0.39, 0.29) is 0 Å². The first-order valence-corrected chi connectivity index (χ1v) is 6.71. The van der Waals surface area contributed by atoms with E-state index in [1.807, 2.05) is 31.2 Å². The minimum atomic E-state index is 0.723. The van der Waals surface area contributed by atoms with E-state index in [0.29, 0.717) is 0 Å². The lowest BCUT2D eigenvalue weighted by atomic mass is 10.1. The average molecular weight is 231 g/mol. The van der Waals surface area contributed by atoms with Crippen LogP contribution in [0.15, 0.2) is 24.3 Å². The maximum absolute atomic E-state index is 8.38. The van der Waals surface area contributed by atoms with E-state index >= 15 is 0 Å². The minimum absolute atomic E-state index is 0.723. The van der Waals surface area contributed by atoms with Crippen LogP contribution in [0.25, 0.3) is 0 Å². The predicted molar refractivity (Wildman–Crippen MR) is 74.9 cm³/mol. The lowest BCUT2D eigenvalue weighted by Crippen LogP contribution is -1.73. The van der Waals surface area contributed by atoms with Crippen molar-refractivity contribution in [3.8, 4) is 6.07 Å². The van der Waals surface area contributed by atoms with Crippen LogP contribution in [0.2, 0.25) is 0 Å². The normalized spacial score (nSPS) is 9.06. The number of benzene rings is 1. The Morgan fingerprint density at radius 3 is 1.71 bits per heavy atom. The monoisotopic (exact) mass is 231 g/mol. The minimum Gasteiger partial charge on any atom is -0.192 e. The van der Waals surface area contributed by atoms with Gasteiger partial charge in [-0.3, -0.25) is 0 Å². The Balaban J connectivity index is 0.000000304. The second-order valence-corrected chi connectivity index (χ2v) is 4.39. The average Bonchev–Trinajstić information content (AvgIpc) is 2.37. The van der Waals surface area contributed by atoms with Gasteiger partial charge in [0, 0.05) is 0 Å². The third kappa shape index (κ3) is 9.63. The highest BCUT2D eigenvalue weighted by atomic mass is 14.2. The van der Waals surface area contributed by atoms with Crippen molar-refractivity contribution in [2.24, 2.45) is 0 Å².